The fraction of sp³-hybridized carbons (Fsp3) is 0.889. The van der Waals surface area contributed by atoms with Crippen LogP contribution in [0.1, 0.15) is 33.1 Å². The van der Waals surface area contributed by atoms with Gasteiger partial charge in [-0.1, -0.05) is 13.8 Å². The van der Waals surface area contributed by atoms with Gasteiger partial charge in [-0.25, -0.2) is 4.79 Å². The Hall–Kier alpha value is -0.730. The molecule has 0 radical (unpaired) electrons. The van der Waals surface area contributed by atoms with Crippen molar-refractivity contribution in [3.8, 4) is 0 Å². The lowest BCUT2D eigenvalue weighted by molar-refractivity contribution is 0.157. The summed E-state index contributed by atoms with van der Waals surface area (Å²) in [5, 5.41) is 10.9. The Labute approximate surface area is 73.2 Å². The third-order valence-electron chi connectivity index (χ3n) is 2.37. The van der Waals surface area contributed by atoms with Crippen molar-refractivity contribution in [3.63, 3.8) is 0 Å². The number of hydrogen-bond donors (Lipinski definition) is 2. The van der Waals surface area contributed by atoms with Crippen LogP contribution in [0.3, 0.4) is 0 Å². The minimum Gasteiger partial charge on any atom is -0.465 e. The molecule has 1 rings (SSSR count). The summed E-state index contributed by atoms with van der Waals surface area (Å²) in [5.41, 5.74) is 0. The predicted octanol–water partition coefficient (Wildman–Crippen LogP) is 2.08. The Morgan fingerprint density at radius 3 is 2.58 bits per heavy atom. The summed E-state index contributed by atoms with van der Waals surface area (Å²) < 4.78 is 0. The van der Waals surface area contributed by atoms with Crippen molar-refractivity contribution in [2.24, 2.45) is 11.8 Å². The number of nitrogens with one attached hydrogen (secondary N) is 1. The van der Waals surface area contributed by atoms with Gasteiger partial charge in [0, 0.05) is 6.04 Å². The number of hydrogen-bond acceptors (Lipinski definition) is 1. The molecule has 0 unspecified atom stereocenters. The molecule has 2 N–H and O–H groups in total. The first kappa shape index (κ1) is 9.36. The molecule has 0 spiro atoms. The van der Waals surface area contributed by atoms with Gasteiger partial charge < -0.3 is 10.4 Å². The molecule has 70 valence electrons. The maximum absolute atomic E-state index is 10.2. The van der Waals surface area contributed by atoms with E-state index in [0.29, 0.717) is 0 Å². The molecule has 1 amide bonds. The minimum atomic E-state index is -0.886. The van der Waals surface area contributed by atoms with Crippen LogP contribution < -0.4 is 5.32 Å². The predicted molar refractivity (Wildman–Crippen MR) is 47.1 cm³/mol. The van der Waals surface area contributed by atoms with Crippen LogP contribution in [0, 0.1) is 11.8 Å². The average Bonchev–Trinajstić information content (AvgIpc) is 1.80. The second-order valence-electron chi connectivity index (χ2n) is 4.11. The van der Waals surface area contributed by atoms with E-state index in [0.717, 1.165) is 24.7 Å². The van der Waals surface area contributed by atoms with Crippen molar-refractivity contribution in [1.29, 1.82) is 0 Å². The normalized spacial score (nSPS) is 28.2. The molecule has 0 heterocycles. The van der Waals surface area contributed by atoms with Gasteiger partial charge in [0.05, 0.1) is 0 Å². The Morgan fingerprint density at radius 1 is 1.58 bits per heavy atom. The summed E-state index contributed by atoms with van der Waals surface area (Å²) >= 11 is 0. The molecule has 12 heavy (non-hydrogen) atoms. The molecule has 1 aliphatic rings. The van der Waals surface area contributed by atoms with Crippen LogP contribution >= 0.6 is 0 Å². The topological polar surface area (TPSA) is 49.3 Å². The highest BCUT2D eigenvalue weighted by molar-refractivity contribution is 5.64. The van der Waals surface area contributed by atoms with Crippen molar-refractivity contribution >= 4 is 6.09 Å². The SMILES string of the molecule is CC(C)CC1CC(NC(=O)O)C1. The van der Waals surface area contributed by atoms with Crippen molar-refractivity contribution in [2.75, 3.05) is 0 Å². The summed E-state index contributed by atoms with van der Waals surface area (Å²) in [6.07, 6.45) is 2.41. The fourth-order valence-electron chi connectivity index (χ4n) is 1.89. The van der Waals surface area contributed by atoms with E-state index in [1.54, 1.807) is 0 Å². The van der Waals surface area contributed by atoms with Gasteiger partial charge >= 0.3 is 6.09 Å². The molecule has 0 atom stereocenters. The van der Waals surface area contributed by atoms with Crippen LogP contribution in [0.25, 0.3) is 0 Å². The largest absolute Gasteiger partial charge is 0.465 e. The van der Waals surface area contributed by atoms with Crippen molar-refractivity contribution in [2.45, 2.75) is 39.2 Å². The second kappa shape index (κ2) is 3.78. The van der Waals surface area contributed by atoms with Crippen molar-refractivity contribution in [3.05, 3.63) is 0 Å². The minimum absolute atomic E-state index is 0.228. The van der Waals surface area contributed by atoms with E-state index in [4.69, 9.17) is 5.11 Å². The van der Waals surface area contributed by atoms with Gasteiger partial charge in [-0.05, 0) is 31.1 Å². The van der Waals surface area contributed by atoms with Crippen LogP contribution in [0.5, 0.6) is 0 Å². The number of carboxylic acid groups (broad SMARTS) is 1. The van der Waals surface area contributed by atoms with E-state index in [1.165, 1.54) is 6.42 Å². The smallest absolute Gasteiger partial charge is 0.404 e. The van der Waals surface area contributed by atoms with Gasteiger partial charge in [-0.2, -0.15) is 0 Å². The maximum atomic E-state index is 10.2. The Bertz CT molecular complexity index is 162. The first-order valence-electron chi connectivity index (χ1n) is 4.57. The van der Waals surface area contributed by atoms with Gasteiger partial charge in [0.25, 0.3) is 0 Å². The number of carbonyl (C=O) groups is 1. The molecule has 1 aliphatic carbocycles. The Morgan fingerprint density at radius 2 is 2.17 bits per heavy atom. The fourth-order valence-corrected chi connectivity index (χ4v) is 1.89. The Kier molecular flexibility index (Phi) is 2.95. The molecule has 0 aromatic heterocycles. The zero-order valence-electron chi connectivity index (χ0n) is 7.71. The third kappa shape index (κ3) is 2.72. The molecule has 0 aromatic carbocycles. The lowest BCUT2D eigenvalue weighted by Crippen LogP contribution is -2.43. The van der Waals surface area contributed by atoms with E-state index in [9.17, 15) is 4.79 Å². The van der Waals surface area contributed by atoms with Gasteiger partial charge in [0.1, 0.15) is 0 Å². The number of amides is 1. The summed E-state index contributed by atoms with van der Waals surface area (Å²) in [4.78, 5) is 10.2. The summed E-state index contributed by atoms with van der Waals surface area (Å²) in [5.74, 6) is 1.49. The monoisotopic (exact) mass is 171 g/mol. The molecule has 0 aromatic rings. The molecule has 0 saturated heterocycles. The number of rotatable bonds is 3. The first-order chi connectivity index (χ1) is 5.58. The summed E-state index contributed by atoms with van der Waals surface area (Å²) in [6.45, 7) is 4.41. The Balaban J connectivity index is 2.08. The van der Waals surface area contributed by atoms with Gasteiger partial charge in [0.15, 0.2) is 0 Å². The van der Waals surface area contributed by atoms with Crippen LogP contribution in [0.2, 0.25) is 0 Å². The molecular formula is C9H17NO2. The molecule has 3 nitrogen and oxygen atoms in total. The van der Waals surface area contributed by atoms with E-state index in [-0.39, 0.29) is 6.04 Å². The van der Waals surface area contributed by atoms with Crippen LogP contribution in [0.15, 0.2) is 0 Å². The van der Waals surface area contributed by atoms with E-state index >= 15 is 0 Å². The highest BCUT2D eigenvalue weighted by Gasteiger charge is 2.30. The maximum Gasteiger partial charge on any atom is 0.404 e. The molecule has 1 saturated carbocycles. The van der Waals surface area contributed by atoms with Crippen LogP contribution in [-0.2, 0) is 0 Å². The van der Waals surface area contributed by atoms with Crippen LogP contribution in [-0.4, -0.2) is 17.2 Å². The van der Waals surface area contributed by atoms with Crippen molar-refractivity contribution in [1.82, 2.24) is 5.32 Å². The average molecular weight is 171 g/mol. The second-order valence-corrected chi connectivity index (χ2v) is 4.11. The van der Waals surface area contributed by atoms with Gasteiger partial charge in [0.2, 0.25) is 0 Å². The molecular weight excluding hydrogens is 154 g/mol. The first-order valence-corrected chi connectivity index (χ1v) is 4.57. The molecule has 3 heteroatoms. The van der Waals surface area contributed by atoms with Gasteiger partial charge in [-0.15, -0.1) is 0 Å². The quantitative estimate of drug-likeness (QED) is 0.683. The third-order valence-corrected chi connectivity index (χ3v) is 2.37. The highest BCUT2D eigenvalue weighted by atomic mass is 16.4. The van der Waals surface area contributed by atoms with E-state index in [1.807, 2.05) is 0 Å². The van der Waals surface area contributed by atoms with Crippen LogP contribution in [0.4, 0.5) is 4.79 Å². The van der Waals surface area contributed by atoms with Crippen molar-refractivity contribution < 1.29 is 9.90 Å². The standard InChI is InChI=1S/C9H17NO2/c1-6(2)3-7-4-8(5-7)10-9(11)12/h6-8,10H,3-5H2,1-2H3,(H,11,12). The zero-order valence-corrected chi connectivity index (χ0v) is 7.71. The summed E-state index contributed by atoms with van der Waals surface area (Å²) in [6, 6.07) is 0.228. The van der Waals surface area contributed by atoms with E-state index in [2.05, 4.69) is 19.2 Å². The van der Waals surface area contributed by atoms with Gasteiger partial charge in [-0.3, -0.25) is 0 Å². The zero-order chi connectivity index (χ0) is 9.14. The molecule has 0 bridgehead atoms. The summed E-state index contributed by atoms with van der Waals surface area (Å²) in [7, 11) is 0. The molecule has 0 aliphatic heterocycles. The highest BCUT2D eigenvalue weighted by Crippen LogP contribution is 2.32. The lowest BCUT2D eigenvalue weighted by Gasteiger charge is -2.36. The van der Waals surface area contributed by atoms with E-state index < -0.39 is 6.09 Å². The molecule has 1 fully saturated rings. The lowest BCUT2D eigenvalue weighted by atomic mass is 9.76.